The minimum Gasteiger partial charge on any atom is -0.496 e. The lowest BCUT2D eigenvalue weighted by Gasteiger charge is -2.17. The number of carboxylic acid groups (broad SMARTS) is 1. The van der Waals surface area contributed by atoms with E-state index in [9.17, 15) is 23.1 Å². The number of hydrogen-bond donors (Lipinski definition) is 3. The Bertz CT molecular complexity index is 746. The third-order valence-electron chi connectivity index (χ3n) is 3.66. The number of carbonyl (C=O) groups is 2. The molecule has 0 aliphatic heterocycles. The fraction of sp³-hybridized carbons (Fsp3) is 0.529. The van der Waals surface area contributed by atoms with Crippen molar-refractivity contribution >= 4 is 21.9 Å². The molecule has 0 unspecified atom stereocenters. The number of sulfonamides is 1. The van der Waals surface area contributed by atoms with Crippen LogP contribution in [0.25, 0.3) is 0 Å². The molecule has 1 rings (SSSR count). The number of carboxylic acids is 1. The van der Waals surface area contributed by atoms with Crippen LogP contribution in [0.5, 0.6) is 5.75 Å². The highest BCUT2D eigenvalue weighted by Gasteiger charge is 2.26. The van der Waals surface area contributed by atoms with Gasteiger partial charge >= 0.3 is 5.97 Å². The highest BCUT2D eigenvalue weighted by Crippen LogP contribution is 2.23. The second-order valence-electron chi connectivity index (χ2n) is 6.25. The zero-order valence-electron chi connectivity index (χ0n) is 15.4. The molecule has 26 heavy (non-hydrogen) atoms. The topological polar surface area (TPSA) is 122 Å². The van der Waals surface area contributed by atoms with E-state index in [0.717, 1.165) is 0 Å². The second-order valence-corrected chi connectivity index (χ2v) is 7.96. The number of methoxy groups -OCH3 is 1. The summed E-state index contributed by atoms with van der Waals surface area (Å²) >= 11 is 0. The summed E-state index contributed by atoms with van der Waals surface area (Å²) in [5.74, 6) is -0.973. The van der Waals surface area contributed by atoms with Crippen LogP contribution in [0.1, 0.15) is 39.2 Å². The molecule has 0 saturated heterocycles. The van der Waals surface area contributed by atoms with E-state index >= 15 is 0 Å². The van der Waals surface area contributed by atoms with E-state index in [0.29, 0.717) is 17.7 Å². The largest absolute Gasteiger partial charge is 0.496 e. The van der Waals surface area contributed by atoms with Crippen LogP contribution >= 0.6 is 0 Å². The predicted octanol–water partition coefficient (Wildman–Crippen LogP) is 1.50. The van der Waals surface area contributed by atoms with Crippen LogP contribution < -0.4 is 14.8 Å². The van der Waals surface area contributed by atoms with Crippen LogP contribution in [0.3, 0.4) is 0 Å². The van der Waals surface area contributed by atoms with Crippen molar-refractivity contribution in [2.45, 2.75) is 51.1 Å². The van der Waals surface area contributed by atoms with Gasteiger partial charge in [0.25, 0.3) is 0 Å². The molecular formula is C17H26N2O6S. The molecule has 1 aromatic rings. The molecule has 0 fully saturated rings. The highest BCUT2D eigenvalue weighted by atomic mass is 32.2. The maximum atomic E-state index is 12.6. The van der Waals surface area contributed by atoms with E-state index in [-0.39, 0.29) is 29.7 Å². The zero-order chi connectivity index (χ0) is 19.9. The van der Waals surface area contributed by atoms with Gasteiger partial charge in [0.05, 0.1) is 12.0 Å². The average Bonchev–Trinajstić information content (AvgIpc) is 2.57. The summed E-state index contributed by atoms with van der Waals surface area (Å²) in [5, 5.41) is 11.9. The Balaban J connectivity index is 3.11. The van der Waals surface area contributed by atoms with E-state index in [1.54, 1.807) is 6.92 Å². The first-order chi connectivity index (χ1) is 12.1. The normalized spacial score (nSPS) is 12.7. The maximum absolute atomic E-state index is 12.6. The van der Waals surface area contributed by atoms with Crippen molar-refractivity contribution in [1.29, 1.82) is 0 Å². The van der Waals surface area contributed by atoms with Gasteiger partial charge in [0.1, 0.15) is 11.8 Å². The van der Waals surface area contributed by atoms with Crippen LogP contribution in [0.2, 0.25) is 0 Å². The molecule has 9 heteroatoms. The molecule has 0 radical (unpaired) electrons. The Labute approximate surface area is 154 Å². The Morgan fingerprint density at radius 3 is 2.42 bits per heavy atom. The lowest BCUT2D eigenvalue weighted by molar-refractivity contribution is -0.139. The monoisotopic (exact) mass is 386 g/mol. The molecule has 146 valence electrons. The summed E-state index contributed by atoms with van der Waals surface area (Å²) in [6.07, 6.45) is 0.474. The lowest BCUT2D eigenvalue weighted by atomic mass is 10.1. The maximum Gasteiger partial charge on any atom is 0.321 e. The van der Waals surface area contributed by atoms with Gasteiger partial charge in [-0.1, -0.05) is 20.8 Å². The van der Waals surface area contributed by atoms with Crippen LogP contribution in [0.4, 0.5) is 0 Å². The van der Waals surface area contributed by atoms with Crippen molar-refractivity contribution in [3.63, 3.8) is 0 Å². The smallest absolute Gasteiger partial charge is 0.321 e. The summed E-state index contributed by atoms with van der Waals surface area (Å²) in [6, 6.07) is 2.96. The summed E-state index contributed by atoms with van der Waals surface area (Å²) in [5.41, 5.74) is 0.480. The third-order valence-corrected chi connectivity index (χ3v) is 5.13. The summed E-state index contributed by atoms with van der Waals surface area (Å²) < 4.78 is 32.6. The minimum atomic E-state index is -4.04. The molecule has 0 saturated carbocycles. The first-order valence-electron chi connectivity index (χ1n) is 8.29. The summed E-state index contributed by atoms with van der Waals surface area (Å²) in [7, 11) is -2.60. The molecular weight excluding hydrogens is 360 g/mol. The van der Waals surface area contributed by atoms with Crippen molar-refractivity contribution in [2.24, 2.45) is 5.92 Å². The molecule has 0 spiro atoms. The van der Waals surface area contributed by atoms with Gasteiger partial charge in [0, 0.05) is 18.5 Å². The number of nitrogens with one attached hydrogen (secondary N) is 2. The number of aliphatic carboxylic acids is 1. The van der Waals surface area contributed by atoms with E-state index in [2.05, 4.69) is 10.0 Å². The molecule has 0 bridgehead atoms. The predicted molar refractivity (Wildman–Crippen MR) is 96.3 cm³/mol. The number of carbonyl (C=O) groups excluding carboxylic acids is 1. The lowest BCUT2D eigenvalue weighted by Crippen LogP contribution is -2.41. The number of ether oxygens (including phenoxy) is 1. The molecule has 0 aromatic heterocycles. The van der Waals surface area contributed by atoms with Crippen LogP contribution in [0.15, 0.2) is 23.1 Å². The quantitative estimate of drug-likeness (QED) is 0.560. The Morgan fingerprint density at radius 2 is 1.92 bits per heavy atom. The standard InChI is InChI=1S/C17H26N2O6S/c1-5-16(20)18-10-12-9-13(6-7-15(12)25-4)26(23,24)19-14(17(21)22)8-11(2)3/h6-7,9,11,14,19H,5,8,10H2,1-4H3,(H,18,20)(H,21,22)/t14-/m0/s1. The third kappa shape index (κ3) is 6.30. The number of hydrogen-bond acceptors (Lipinski definition) is 5. The van der Waals surface area contributed by atoms with E-state index in [1.807, 2.05) is 13.8 Å². The molecule has 0 heterocycles. The number of rotatable bonds is 10. The van der Waals surface area contributed by atoms with Crippen LogP contribution in [-0.2, 0) is 26.2 Å². The van der Waals surface area contributed by atoms with Crippen molar-refractivity contribution in [3.8, 4) is 5.75 Å². The van der Waals surface area contributed by atoms with Crippen molar-refractivity contribution in [1.82, 2.24) is 10.0 Å². The fourth-order valence-corrected chi connectivity index (χ4v) is 3.56. The first-order valence-corrected chi connectivity index (χ1v) is 9.77. The average molecular weight is 386 g/mol. The van der Waals surface area contributed by atoms with E-state index in [4.69, 9.17) is 4.74 Å². The Hall–Kier alpha value is -2.13. The molecule has 0 aliphatic carbocycles. The SMILES string of the molecule is CCC(=O)NCc1cc(S(=O)(=O)N[C@@H](CC(C)C)C(=O)O)ccc1OC. The van der Waals surface area contributed by atoms with Crippen molar-refractivity contribution in [3.05, 3.63) is 23.8 Å². The van der Waals surface area contributed by atoms with E-state index in [1.165, 1.54) is 25.3 Å². The number of benzene rings is 1. The molecule has 1 amide bonds. The molecule has 0 aliphatic rings. The zero-order valence-corrected chi connectivity index (χ0v) is 16.2. The molecule has 1 atom stereocenters. The van der Waals surface area contributed by atoms with Gasteiger partial charge < -0.3 is 15.2 Å². The highest BCUT2D eigenvalue weighted by molar-refractivity contribution is 7.89. The van der Waals surface area contributed by atoms with Crippen LogP contribution in [-0.4, -0.2) is 38.6 Å². The summed E-state index contributed by atoms with van der Waals surface area (Å²) in [4.78, 5) is 22.7. The van der Waals surface area contributed by atoms with Gasteiger partial charge in [-0.3, -0.25) is 9.59 Å². The van der Waals surface area contributed by atoms with Gasteiger partial charge in [-0.25, -0.2) is 8.42 Å². The Kier molecular flexibility index (Phi) is 8.04. The second kappa shape index (κ2) is 9.54. The van der Waals surface area contributed by atoms with E-state index < -0.39 is 22.0 Å². The molecule has 8 nitrogen and oxygen atoms in total. The van der Waals surface area contributed by atoms with Crippen molar-refractivity contribution in [2.75, 3.05) is 7.11 Å². The van der Waals surface area contributed by atoms with Gasteiger partial charge in [-0.2, -0.15) is 4.72 Å². The van der Waals surface area contributed by atoms with Gasteiger partial charge in [0.15, 0.2) is 0 Å². The molecule has 1 aromatic carbocycles. The van der Waals surface area contributed by atoms with Gasteiger partial charge in [-0.15, -0.1) is 0 Å². The summed E-state index contributed by atoms with van der Waals surface area (Å²) in [6.45, 7) is 5.43. The van der Waals surface area contributed by atoms with Crippen molar-refractivity contribution < 1.29 is 27.9 Å². The number of amides is 1. The minimum absolute atomic E-state index is 0.00878. The Morgan fingerprint density at radius 1 is 1.27 bits per heavy atom. The van der Waals surface area contributed by atoms with Gasteiger partial charge in [-0.05, 0) is 30.5 Å². The first kappa shape index (κ1) is 21.9. The van der Waals surface area contributed by atoms with Crippen LogP contribution in [0, 0.1) is 5.92 Å². The molecule has 3 N–H and O–H groups in total. The fourth-order valence-electron chi connectivity index (χ4n) is 2.31. The van der Waals surface area contributed by atoms with Gasteiger partial charge in [0.2, 0.25) is 15.9 Å².